The minimum atomic E-state index is -0.364. The molecule has 0 spiro atoms. The second-order valence-electron chi connectivity index (χ2n) is 5.53. The number of benzene rings is 1. The number of fused-ring (bicyclic) bond motifs is 1. The summed E-state index contributed by atoms with van der Waals surface area (Å²) in [7, 11) is 1.57. The van der Waals surface area contributed by atoms with Crippen LogP contribution in [0.25, 0.3) is 16.9 Å². The highest BCUT2D eigenvalue weighted by molar-refractivity contribution is 7.08. The zero-order valence-corrected chi connectivity index (χ0v) is 14.8. The number of hydrogen-bond acceptors (Lipinski definition) is 4. The first-order chi connectivity index (χ1) is 12.8. The van der Waals surface area contributed by atoms with Crippen molar-refractivity contribution in [3.8, 4) is 17.0 Å². The SMILES string of the molecule is COc1ccccc1NC(=O)Nc1c(-c2ccsc2)nc2ccccn12. The highest BCUT2D eigenvalue weighted by Crippen LogP contribution is 2.30. The van der Waals surface area contributed by atoms with Gasteiger partial charge in [-0.1, -0.05) is 18.2 Å². The summed E-state index contributed by atoms with van der Waals surface area (Å²) in [6, 6.07) is 14.6. The van der Waals surface area contributed by atoms with Crippen LogP contribution < -0.4 is 15.4 Å². The second-order valence-corrected chi connectivity index (χ2v) is 6.31. The van der Waals surface area contributed by atoms with Crippen LogP contribution in [0.5, 0.6) is 5.75 Å². The maximum atomic E-state index is 12.6. The lowest BCUT2D eigenvalue weighted by atomic mass is 10.2. The van der Waals surface area contributed by atoms with E-state index in [1.54, 1.807) is 30.6 Å². The Labute approximate surface area is 154 Å². The van der Waals surface area contributed by atoms with Gasteiger partial charge in [-0.15, -0.1) is 0 Å². The number of nitrogens with zero attached hydrogens (tertiary/aromatic N) is 2. The van der Waals surface area contributed by atoms with Gasteiger partial charge in [-0.05, 0) is 35.7 Å². The summed E-state index contributed by atoms with van der Waals surface area (Å²) in [4.78, 5) is 17.2. The van der Waals surface area contributed by atoms with E-state index < -0.39 is 0 Å². The van der Waals surface area contributed by atoms with Gasteiger partial charge in [0.1, 0.15) is 22.9 Å². The molecule has 2 N–H and O–H groups in total. The van der Waals surface area contributed by atoms with Gasteiger partial charge in [0.25, 0.3) is 0 Å². The topological polar surface area (TPSA) is 67.7 Å². The van der Waals surface area contributed by atoms with E-state index in [9.17, 15) is 4.79 Å². The summed E-state index contributed by atoms with van der Waals surface area (Å²) in [5.74, 6) is 1.21. The van der Waals surface area contributed by atoms with E-state index in [1.807, 2.05) is 57.8 Å². The molecule has 4 rings (SSSR count). The number of methoxy groups -OCH3 is 1. The summed E-state index contributed by atoms with van der Waals surface area (Å²) in [6.45, 7) is 0. The fourth-order valence-electron chi connectivity index (χ4n) is 2.72. The highest BCUT2D eigenvalue weighted by atomic mass is 32.1. The third-order valence-corrected chi connectivity index (χ3v) is 4.59. The van der Waals surface area contributed by atoms with Crippen LogP contribution in [0.4, 0.5) is 16.3 Å². The van der Waals surface area contributed by atoms with Crippen molar-refractivity contribution in [1.29, 1.82) is 0 Å². The van der Waals surface area contributed by atoms with Crippen molar-refractivity contribution in [2.24, 2.45) is 0 Å². The molecule has 0 aliphatic heterocycles. The Morgan fingerprint density at radius 3 is 2.77 bits per heavy atom. The van der Waals surface area contributed by atoms with Crippen molar-refractivity contribution in [3.05, 3.63) is 65.5 Å². The fraction of sp³-hybridized carbons (Fsp3) is 0.0526. The van der Waals surface area contributed by atoms with Crippen molar-refractivity contribution in [1.82, 2.24) is 9.38 Å². The molecule has 0 aliphatic rings. The molecule has 0 bridgehead atoms. The van der Waals surface area contributed by atoms with Crippen LogP contribution in [0.1, 0.15) is 0 Å². The van der Waals surface area contributed by atoms with Crippen LogP contribution in [0.3, 0.4) is 0 Å². The summed E-state index contributed by atoms with van der Waals surface area (Å²) in [5.41, 5.74) is 3.05. The number of carbonyl (C=O) groups excluding carboxylic acids is 1. The Hall–Kier alpha value is -3.32. The van der Waals surface area contributed by atoms with Crippen molar-refractivity contribution in [3.63, 3.8) is 0 Å². The number of ether oxygens (including phenoxy) is 1. The van der Waals surface area contributed by atoms with Crippen molar-refractivity contribution < 1.29 is 9.53 Å². The molecule has 7 heteroatoms. The average Bonchev–Trinajstić information content (AvgIpc) is 3.30. The number of thiophene rings is 1. The molecule has 0 aliphatic carbocycles. The molecule has 0 unspecified atom stereocenters. The van der Waals surface area contributed by atoms with Crippen molar-refractivity contribution in [2.45, 2.75) is 0 Å². The van der Waals surface area contributed by atoms with Crippen LogP contribution in [0.2, 0.25) is 0 Å². The molecule has 1 aromatic carbocycles. The largest absolute Gasteiger partial charge is 0.495 e. The zero-order chi connectivity index (χ0) is 17.9. The first-order valence-electron chi connectivity index (χ1n) is 7.97. The van der Waals surface area contributed by atoms with Gasteiger partial charge in [-0.2, -0.15) is 11.3 Å². The van der Waals surface area contributed by atoms with Gasteiger partial charge in [-0.3, -0.25) is 9.72 Å². The minimum absolute atomic E-state index is 0.364. The number of nitrogens with one attached hydrogen (secondary N) is 2. The van der Waals surface area contributed by atoms with Gasteiger partial charge in [0.2, 0.25) is 0 Å². The van der Waals surface area contributed by atoms with Crippen LogP contribution in [0.15, 0.2) is 65.5 Å². The predicted octanol–water partition coefficient (Wildman–Crippen LogP) is 4.72. The Morgan fingerprint density at radius 1 is 1.12 bits per heavy atom. The van der Waals surface area contributed by atoms with E-state index in [2.05, 4.69) is 15.6 Å². The van der Waals surface area contributed by atoms with Crippen molar-refractivity contribution >= 4 is 34.5 Å². The fourth-order valence-corrected chi connectivity index (χ4v) is 3.37. The van der Waals surface area contributed by atoms with Gasteiger partial charge < -0.3 is 10.1 Å². The van der Waals surface area contributed by atoms with E-state index in [-0.39, 0.29) is 6.03 Å². The first kappa shape index (κ1) is 16.2. The number of hydrogen-bond donors (Lipinski definition) is 2. The number of pyridine rings is 1. The van der Waals surface area contributed by atoms with Crippen LogP contribution in [-0.4, -0.2) is 22.5 Å². The number of rotatable bonds is 4. The summed E-state index contributed by atoms with van der Waals surface area (Å²) in [5, 5.41) is 9.73. The number of urea groups is 1. The Bertz CT molecular complexity index is 1060. The lowest BCUT2D eigenvalue weighted by Crippen LogP contribution is -2.21. The maximum Gasteiger partial charge on any atom is 0.324 e. The molecule has 3 aromatic heterocycles. The third kappa shape index (κ3) is 3.00. The number of para-hydroxylation sites is 2. The van der Waals surface area contributed by atoms with Crippen LogP contribution >= 0.6 is 11.3 Å². The van der Waals surface area contributed by atoms with Gasteiger partial charge in [0.05, 0.1) is 12.8 Å². The van der Waals surface area contributed by atoms with Crippen LogP contribution in [-0.2, 0) is 0 Å². The van der Waals surface area contributed by atoms with E-state index in [0.717, 1.165) is 16.9 Å². The third-order valence-electron chi connectivity index (χ3n) is 3.91. The van der Waals surface area contributed by atoms with Gasteiger partial charge in [-0.25, -0.2) is 9.78 Å². The molecule has 2 amide bonds. The summed E-state index contributed by atoms with van der Waals surface area (Å²) >= 11 is 1.59. The maximum absolute atomic E-state index is 12.6. The molecule has 6 nitrogen and oxygen atoms in total. The highest BCUT2D eigenvalue weighted by Gasteiger charge is 2.17. The summed E-state index contributed by atoms with van der Waals surface area (Å²) in [6.07, 6.45) is 1.87. The minimum Gasteiger partial charge on any atom is -0.495 e. The quantitative estimate of drug-likeness (QED) is 0.551. The molecule has 130 valence electrons. The molecule has 26 heavy (non-hydrogen) atoms. The Kier molecular flexibility index (Phi) is 4.28. The van der Waals surface area contributed by atoms with Gasteiger partial charge in [0, 0.05) is 17.1 Å². The lowest BCUT2D eigenvalue weighted by Gasteiger charge is -2.11. The molecular weight excluding hydrogens is 348 g/mol. The Balaban J connectivity index is 1.68. The number of amides is 2. The summed E-state index contributed by atoms with van der Waals surface area (Å²) < 4.78 is 7.13. The van der Waals surface area contributed by atoms with Crippen molar-refractivity contribution in [2.75, 3.05) is 17.7 Å². The molecular formula is C19H16N4O2S. The average molecular weight is 364 g/mol. The molecule has 4 aromatic rings. The molecule has 0 radical (unpaired) electrons. The Morgan fingerprint density at radius 2 is 1.96 bits per heavy atom. The molecule has 0 atom stereocenters. The smallest absolute Gasteiger partial charge is 0.324 e. The second kappa shape index (κ2) is 6.89. The van der Waals surface area contributed by atoms with Crippen LogP contribution in [0, 0.1) is 0 Å². The number of anilines is 2. The van der Waals surface area contributed by atoms with Gasteiger partial charge >= 0.3 is 6.03 Å². The number of aromatic nitrogens is 2. The number of carbonyl (C=O) groups is 1. The molecule has 0 saturated carbocycles. The predicted molar refractivity (Wildman–Crippen MR) is 104 cm³/mol. The lowest BCUT2D eigenvalue weighted by molar-refractivity contribution is 0.262. The van der Waals surface area contributed by atoms with E-state index >= 15 is 0 Å². The number of imidazole rings is 1. The monoisotopic (exact) mass is 364 g/mol. The molecule has 0 fully saturated rings. The van der Waals surface area contributed by atoms with E-state index in [4.69, 9.17) is 4.74 Å². The standard InChI is InChI=1S/C19H16N4O2S/c1-25-15-7-3-2-6-14(15)20-19(24)22-18-17(13-9-11-26-12-13)21-16-8-4-5-10-23(16)18/h2-12H,1H3,(H2,20,22,24). The van der Waals surface area contributed by atoms with E-state index in [1.165, 1.54) is 0 Å². The molecule has 0 saturated heterocycles. The van der Waals surface area contributed by atoms with Gasteiger partial charge in [0.15, 0.2) is 0 Å². The molecule has 3 heterocycles. The normalized spacial score (nSPS) is 10.7. The first-order valence-corrected chi connectivity index (χ1v) is 8.91. The van der Waals surface area contributed by atoms with E-state index in [0.29, 0.717) is 17.3 Å². The zero-order valence-electron chi connectivity index (χ0n) is 14.0.